The monoisotopic (exact) mass is 143 g/mol. The highest BCUT2D eigenvalue weighted by Crippen LogP contribution is 2.19. The Morgan fingerprint density at radius 2 is 2.00 bits per heavy atom. The smallest absolute Gasteiger partial charge is 0.207 e. The SMILES string of the molecule is CC(CC(C)(C)C)NC=O. The molecule has 1 atom stereocenters. The van der Waals surface area contributed by atoms with Gasteiger partial charge in [-0.3, -0.25) is 4.79 Å². The fourth-order valence-corrected chi connectivity index (χ4v) is 1.09. The lowest BCUT2D eigenvalue weighted by Crippen LogP contribution is -2.28. The number of hydrogen-bond donors (Lipinski definition) is 1. The normalized spacial score (nSPS) is 14.4. The highest BCUT2D eigenvalue weighted by Gasteiger charge is 2.13. The van der Waals surface area contributed by atoms with Gasteiger partial charge in [0.1, 0.15) is 0 Å². The molecule has 0 rings (SSSR count). The van der Waals surface area contributed by atoms with Crippen molar-refractivity contribution >= 4 is 6.41 Å². The van der Waals surface area contributed by atoms with E-state index in [1.165, 1.54) is 0 Å². The number of amides is 1. The highest BCUT2D eigenvalue weighted by atomic mass is 16.1. The molecule has 0 aromatic carbocycles. The van der Waals surface area contributed by atoms with Gasteiger partial charge in [-0.2, -0.15) is 0 Å². The van der Waals surface area contributed by atoms with E-state index in [1.54, 1.807) is 0 Å². The van der Waals surface area contributed by atoms with Gasteiger partial charge in [-0.15, -0.1) is 0 Å². The van der Waals surface area contributed by atoms with Crippen molar-refractivity contribution in [2.75, 3.05) is 0 Å². The molecule has 0 fully saturated rings. The maximum absolute atomic E-state index is 9.99. The van der Waals surface area contributed by atoms with Crippen LogP contribution >= 0.6 is 0 Å². The van der Waals surface area contributed by atoms with Crippen LogP contribution in [0.1, 0.15) is 34.1 Å². The minimum atomic E-state index is 0.289. The average molecular weight is 143 g/mol. The predicted octanol–water partition coefficient (Wildman–Crippen LogP) is 1.56. The zero-order valence-electron chi connectivity index (χ0n) is 7.27. The molecule has 2 nitrogen and oxygen atoms in total. The molecule has 1 N–H and O–H groups in total. The molecule has 0 aromatic rings. The van der Waals surface area contributed by atoms with Gasteiger partial charge in [0.15, 0.2) is 0 Å². The van der Waals surface area contributed by atoms with Crippen LogP contribution in [-0.4, -0.2) is 12.5 Å². The van der Waals surface area contributed by atoms with Gasteiger partial charge < -0.3 is 5.32 Å². The Morgan fingerprint density at radius 1 is 1.50 bits per heavy atom. The van der Waals surface area contributed by atoms with Gasteiger partial charge in [-0.25, -0.2) is 0 Å². The summed E-state index contributed by atoms with van der Waals surface area (Å²) in [5, 5.41) is 2.72. The standard InChI is InChI=1S/C8H17NO/c1-7(9-6-10)5-8(2,3)4/h6-7H,5H2,1-4H3,(H,9,10). The predicted molar refractivity (Wildman–Crippen MR) is 42.7 cm³/mol. The summed E-state index contributed by atoms with van der Waals surface area (Å²) in [5.74, 6) is 0. The van der Waals surface area contributed by atoms with Crippen LogP contribution < -0.4 is 5.32 Å². The first kappa shape index (κ1) is 9.47. The van der Waals surface area contributed by atoms with Crippen LogP contribution in [0, 0.1) is 5.41 Å². The minimum Gasteiger partial charge on any atom is -0.356 e. The topological polar surface area (TPSA) is 29.1 Å². The molecule has 10 heavy (non-hydrogen) atoms. The third kappa shape index (κ3) is 5.60. The number of carbonyl (C=O) groups excluding carboxylic acids is 1. The first-order valence-corrected chi connectivity index (χ1v) is 3.65. The average Bonchev–Trinajstić information content (AvgIpc) is 1.59. The molecule has 0 spiro atoms. The molecule has 0 heterocycles. The molecule has 0 aliphatic rings. The number of nitrogens with one attached hydrogen (secondary N) is 1. The van der Waals surface area contributed by atoms with Gasteiger partial charge >= 0.3 is 0 Å². The molecule has 0 bridgehead atoms. The fourth-order valence-electron chi connectivity index (χ4n) is 1.09. The quantitative estimate of drug-likeness (QED) is 0.597. The van der Waals surface area contributed by atoms with E-state index in [1.807, 2.05) is 6.92 Å². The summed E-state index contributed by atoms with van der Waals surface area (Å²) in [6.45, 7) is 8.50. The van der Waals surface area contributed by atoms with Crippen molar-refractivity contribution in [3.8, 4) is 0 Å². The molecule has 0 aromatic heterocycles. The highest BCUT2D eigenvalue weighted by molar-refractivity contribution is 5.46. The third-order valence-electron chi connectivity index (χ3n) is 1.27. The maximum Gasteiger partial charge on any atom is 0.207 e. The number of carbonyl (C=O) groups is 1. The van der Waals surface area contributed by atoms with E-state index >= 15 is 0 Å². The van der Waals surface area contributed by atoms with Crippen molar-refractivity contribution in [3.05, 3.63) is 0 Å². The largest absolute Gasteiger partial charge is 0.356 e. The van der Waals surface area contributed by atoms with Crippen molar-refractivity contribution in [2.24, 2.45) is 5.41 Å². The number of hydrogen-bond acceptors (Lipinski definition) is 1. The van der Waals surface area contributed by atoms with Crippen LogP contribution in [0.3, 0.4) is 0 Å². The van der Waals surface area contributed by atoms with E-state index in [9.17, 15) is 4.79 Å². The van der Waals surface area contributed by atoms with Crippen molar-refractivity contribution < 1.29 is 4.79 Å². The molecule has 1 amide bonds. The summed E-state index contributed by atoms with van der Waals surface area (Å²) in [4.78, 5) is 9.99. The van der Waals surface area contributed by atoms with E-state index in [0.29, 0.717) is 5.41 Å². The van der Waals surface area contributed by atoms with Crippen LogP contribution in [0.15, 0.2) is 0 Å². The minimum absolute atomic E-state index is 0.289. The zero-order valence-corrected chi connectivity index (χ0v) is 7.27. The van der Waals surface area contributed by atoms with Crippen molar-refractivity contribution in [3.63, 3.8) is 0 Å². The van der Waals surface area contributed by atoms with Crippen LogP contribution in [0.25, 0.3) is 0 Å². The lowest BCUT2D eigenvalue weighted by Gasteiger charge is -2.22. The van der Waals surface area contributed by atoms with Gasteiger partial charge in [-0.05, 0) is 18.8 Å². The van der Waals surface area contributed by atoms with Crippen molar-refractivity contribution in [1.82, 2.24) is 5.32 Å². The molecular formula is C8H17NO. The molecule has 0 saturated carbocycles. The molecule has 2 heteroatoms. The molecular weight excluding hydrogens is 126 g/mol. The van der Waals surface area contributed by atoms with Crippen LogP contribution in [-0.2, 0) is 4.79 Å². The zero-order chi connectivity index (χ0) is 8.20. The Balaban J connectivity index is 3.56. The van der Waals surface area contributed by atoms with Crippen molar-refractivity contribution in [2.45, 2.75) is 40.2 Å². The van der Waals surface area contributed by atoms with E-state index in [2.05, 4.69) is 26.1 Å². The lowest BCUT2D eigenvalue weighted by molar-refractivity contribution is -0.110. The Morgan fingerprint density at radius 3 is 2.30 bits per heavy atom. The van der Waals surface area contributed by atoms with E-state index in [0.717, 1.165) is 12.8 Å². The van der Waals surface area contributed by atoms with Gasteiger partial charge in [0.25, 0.3) is 0 Å². The first-order chi connectivity index (χ1) is 4.45. The second-order valence-electron chi connectivity index (χ2n) is 3.95. The Kier molecular flexibility index (Phi) is 3.40. The second-order valence-corrected chi connectivity index (χ2v) is 3.95. The lowest BCUT2D eigenvalue weighted by atomic mass is 9.89. The molecule has 0 radical (unpaired) electrons. The summed E-state index contributed by atoms with van der Waals surface area (Å²) in [6.07, 6.45) is 1.78. The molecule has 60 valence electrons. The van der Waals surface area contributed by atoms with E-state index in [-0.39, 0.29) is 6.04 Å². The Bertz CT molecular complexity index is 104. The van der Waals surface area contributed by atoms with Crippen LogP contribution in [0.2, 0.25) is 0 Å². The van der Waals surface area contributed by atoms with Gasteiger partial charge in [0, 0.05) is 6.04 Å². The molecule has 0 saturated heterocycles. The fraction of sp³-hybridized carbons (Fsp3) is 0.875. The summed E-state index contributed by atoms with van der Waals surface area (Å²) in [7, 11) is 0. The molecule has 0 aliphatic heterocycles. The van der Waals surface area contributed by atoms with Gasteiger partial charge in [-0.1, -0.05) is 20.8 Å². The number of rotatable bonds is 3. The first-order valence-electron chi connectivity index (χ1n) is 3.65. The van der Waals surface area contributed by atoms with Crippen LogP contribution in [0.5, 0.6) is 0 Å². The van der Waals surface area contributed by atoms with E-state index < -0.39 is 0 Å². The Labute approximate surface area is 63.0 Å². The maximum atomic E-state index is 9.99. The summed E-state index contributed by atoms with van der Waals surface area (Å²) in [5.41, 5.74) is 0.301. The summed E-state index contributed by atoms with van der Waals surface area (Å²) < 4.78 is 0. The van der Waals surface area contributed by atoms with Gasteiger partial charge in [0.05, 0.1) is 0 Å². The summed E-state index contributed by atoms with van der Waals surface area (Å²) >= 11 is 0. The second kappa shape index (κ2) is 3.59. The van der Waals surface area contributed by atoms with E-state index in [4.69, 9.17) is 0 Å². The third-order valence-corrected chi connectivity index (χ3v) is 1.27. The Hall–Kier alpha value is -0.530. The van der Waals surface area contributed by atoms with Crippen LogP contribution in [0.4, 0.5) is 0 Å². The summed E-state index contributed by atoms with van der Waals surface area (Å²) in [6, 6.07) is 0.289. The molecule has 0 aliphatic carbocycles. The van der Waals surface area contributed by atoms with Crippen molar-refractivity contribution in [1.29, 1.82) is 0 Å². The molecule has 1 unspecified atom stereocenters. The van der Waals surface area contributed by atoms with Gasteiger partial charge in [0.2, 0.25) is 6.41 Å².